The summed E-state index contributed by atoms with van der Waals surface area (Å²) >= 11 is 0. The summed E-state index contributed by atoms with van der Waals surface area (Å²) in [6.45, 7) is 18.7. The number of esters is 1. The Balaban J connectivity index is 0.951. The number of rotatable bonds is 20. The van der Waals surface area contributed by atoms with Gasteiger partial charge in [-0.3, -0.25) is 24.2 Å². The van der Waals surface area contributed by atoms with Crippen molar-refractivity contribution in [1.29, 1.82) is 0 Å². The summed E-state index contributed by atoms with van der Waals surface area (Å²) in [5, 5.41) is 18.9. The number of amides is 5. The number of unbranched alkanes of at least 4 members (excludes halogenated alkanes) is 1. The van der Waals surface area contributed by atoms with Gasteiger partial charge in [0.05, 0.1) is 5.56 Å². The molecule has 3 heterocycles. The Hall–Kier alpha value is -5.47. The highest BCUT2D eigenvalue weighted by atomic mass is 16.6. The largest absolute Gasteiger partial charge is 0.508 e. The molecule has 2 aromatic rings. The van der Waals surface area contributed by atoms with Crippen LogP contribution in [-0.4, -0.2) is 111 Å². The number of hydrogen-bond donors (Lipinski definition) is 4. The van der Waals surface area contributed by atoms with Crippen LogP contribution in [0.5, 0.6) is 5.75 Å². The highest BCUT2D eigenvalue weighted by Gasteiger charge is 2.59. The number of likely N-dealkylation sites (tertiary alicyclic amines) is 2. The number of fused-ring (bicyclic) bond motifs is 5. The van der Waals surface area contributed by atoms with E-state index in [2.05, 4.69) is 61.6 Å². The highest BCUT2D eigenvalue weighted by Crippen LogP contribution is 2.67. The van der Waals surface area contributed by atoms with Gasteiger partial charge >= 0.3 is 12.1 Å². The molecule has 5 amide bonds. The molecule has 0 spiro atoms. The van der Waals surface area contributed by atoms with Crippen LogP contribution < -0.4 is 16.0 Å². The second kappa shape index (κ2) is 25.3. The third kappa shape index (κ3) is 13.7. The monoisotopic (exact) mass is 1080 g/mol. The molecule has 2 aliphatic heterocycles. The second-order valence-corrected chi connectivity index (χ2v) is 26.1. The molecular weight excluding hydrogens is 985 g/mol. The smallest absolute Gasteiger partial charge is 0.407 e. The van der Waals surface area contributed by atoms with Crippen molar-refractivity contribution < 1.29 is 43.3 Å². The van der Waals surface area contributed by atoms with E-state index in [0.29, 0.717) is 93.0 Å². The molecule has 0 bridgehead atoms. The number of carbonyl (C=O) groups is 6. The normalized spacial score (nSPS) is 28.8. The Bertz CT molecular complexity index is 2460. The summed E-state index contributed by atoms with van der Waals surface area (Å²) in [4.78, 5) is 91.4. The van der Waals surface area contributed by atoms with Crippen LogP contribution in [0.25, 0.3) is 0 Å². The maximum atomic E-state index is 14.8. The van der Waals surface area contributed by atoms with Gasteiger partial charge in [0, 0.05) is 44.9 Å². The van der Waals surface area contributed by atoms with Crippen LogP contribution in [0.15, 0.2) is 60.4 Å². The lowest BCUT2D eigenvalue weighted by Crippen LogP contribution is -2.57. The van der Waals surface area contributed by atoms with Crippen molar-refractivity contribution in [3.05, 3.63) is 71.6 Å². The molecular formula is C63H92N6O9. The number of phenols is 1. The van der Waals surface area contributed by atoms with Crippen LogP contribution in [0, 0.1) is 46.3 Å². The number of aromatic hydroxyl groups is 1. The van der Waals surface area contributed by atoms with Gasteiger partial charge in [-0.2, -0.15) is 0 Å². The van der Waals surface area contributed by atoms with E-state index < -0.39 is 53.6 Å². The van der Waals surface area contributed by atoms with Crippen LogP contribution in [-0.2, 0) is 35.1 Å². The molecule has 5 fully saturated rings. The minimum atomic E-state index is -1.17. The Morgan fingerprint density at radius 1 is 0.808 bits per heavy atom. The zero-order valence-corrected chi connectivity index (χ0v) is 48.2. The summed E-state index contributed by atoms with van der Waals surface area (Å²) in [5.41, 5.74) is 2.23. The first-order valence-corrected chi connectivity index (χ1v) is 29.9. The molecule has 4 N–H and O–H groups in total. The van der Waals surface area contributed by atoms with Gasteiger partial charge < -0.3 is 40.3 Å². The lowest BCUT2D eigenvalue weighted by Gasteiger charge is -2.58. The lowest BCUT2D eigenvalue weighted by molar-refractivity contribution is -0.155. The van der Waals surface area contributed by atoms with Crippen molar-refractivity contribution in [1.82, 2.24) is 30.7 Å². The maximum absolute atomic E-state index is 14.8. The molecule has 8 rings (SSSR count). The molecule has 15 heteroatoms. The molecule has 4 aliphatic carbocycles. The van der Waals surface area contributed by atoms with Crippen LogP contribution in [0.3, 0.4) is 0 Å². The van der Waals surface area contributed by atoms with Gasteiger partial charge in [-0.1, -0.05) is 77.7 Å². The Morgan fingerprint density at radius 3 is 2.27 bits per heavy atom. The molecule has 78 heavy (non-hydrogen) atoms. The molecule has 428 valence electrons. The molecule has 3 saturated carbocycles. The van der Waals surface area contributed by atoms with E-state index in [0.717, 1.165) is 42.9 Å². The number of hydrogen-bond acceptors (Lipinski definition) is 10. The van der Waals surface area contributed by atoms with Gasteiger partial charge in [-0.25, -0.2) is 9.59 Å². The van der Waals surface area contributed by atoms with Crippen molar-refractivity contribution in [2.45, 2.75) is 213 Å². The number of benzene rings is 1. The fourth-order valence-electron chi connectivity index (χ4n) is 15.3. The van der Waals surface area contributed by atoms with Crippen LogP contribution >= 0.6 is 0 Å². The molecule has 1 aromatic carbocycles. The van der Waals surface area contributed by atoms with Gasteiger partial charge in [0.1, 0.15) is 41.6 Å². The number of nitrogens with zero attached hydrogens (tertiary/aromatic N) is 3. The molecule has 12 atom stereocenters. The number of alkyl carbamates (subject to hydrolysis) is 1. The summed E-state index contributed by atoms with van der Waals surface area (Å²) < 4.78 is 11.9. The SMILES string of the molecule is CC(C)CCC[C@@H](C)[C@H]1CC[C@H]2[C@@H]3CC=C4C[C@@H](OC(=O)[C@H](CCCCNC(=O)OC(C)(C)C)NC(=O)[C@H](Cc5ccc(O)cc5)NC(=O)[C@@H]5CCCN5C(=O)[C@@H]5CCCN5C(=O)c5cccnc5)CC[C@]4(C)[C@H]3CC[C@]12C. The van der Waals surface area contributed by atoms with Crippen LogP contribution in [0.1, 0.15) is 187 Å². The van der Waals surface area contributed by atoms with Gasteiger partial charge in [-0.15, -0.1) is 0 Å². The average Bonchev–Trinajstić information content (AvgIpc) is 4.34. The number of nitrogens with one attached hydrogen (secondary N) is 3. The summed E-state index contributed by atoms with van der Waals surface area (Å²) in [5.74, 6) is 2.13. The number of ether oxygens (including phenoxy) is 2. The van der Waals surface area contributed by atoms with Crippen molar-refractivity contribution in [2.24, 2.45) is 46.3 Å². The molecule has 6 aliphatic rings. The fourth-order valence-corrected chi connectivity index (χ4v) is 15.3. The summed E-state index contributed by atoms with van der Waals surface area (Å²) in [6, 6.07) is 5.88. The standard InChI is InChI=1S/C63H92N6O9/c1-40(2)15-11-16-41(3)48-27-28-49-47-26-23-44-38-46(29-31-62(44,7)50(47)30-32-63(48,49)8)77-59(75)51(18-9-10-34-65-60(76)78-61(4,5)6)66-55(71)52(37-42-21-24-45(70)25-22-42)67-56(72)53-19-13-35-68(53)58(74)54-20-14-36-69(54)57(73)43-17-12-33-64-39-43/h12,17,21-25,33,39-41,46-54,70H,9-11,13-16,18-20,26-32,34-38H2,1-8H3,(H,65,76)(H,66,71)(H,67,72)/t41-,46+,47+,48-,49+,50+,51+,52+,53+,54+,62+,63-/m1/s1. The molecule has 2 saturated heterocycles. The Kier molecular flexibility index (Phi) is 19.1. The van der Waals surface area contributed by atoms with Gasteiger partial charge in [0.2, 0.25) is 17.7 Å². The van der Waals surface area contributed by atoms with Crippen LogP contribution in [0.2, 0.25) is 0 Å². The minimum Gasteiger partial charge on any atom is -0.508 e. The molecule has 1 aromatic heterocycles. The third-order valence-electron chi connectivity index (χ3n) is 19.3. The first kappa shape index (κ1) is 58.7. The number of phenolic OH excluding ortho intramolecular Hbond substituents is 1. The topological polar surface area (TPSA) is 197 Å². The second-order valence-electron chi connectivity index (χ2n) is 26.1. The van der Waals surface area contributed by atoms with Crippen molar-refractivity contribution in [3.8, 4) is 5.75 Å². The first-order chi connectivity index (χ1) is 37.1. The minimum absolute atomic E-state index is 0.0334. The van der Waals surface area contributed by atoms with Gasteiger partial charge in [0.15, 0.2) is 0 Å². The van der Waals surface area contributed by atoms with Gasteiger partial charge in [-0.05, 0) is 187 Å². The van der Waals surface area contributed by atoms with E-state index in [-0.39, 0.29) is 41.9 Å². The summed E-state index contributed by atoms with van der Waals surface area (Å²) in [7, 11) is 0. The highest BCUT2D eigenvalue weighted by molar-refractivity contribution is 5.99. The Morgan fingerprint density at radius 2 is 1.55 bits per heavy atom. The average molecular weight is 1080 g/mol. The summed E-state index contributed by atoms with van der Waals surface area (Å²) in [6.07, 6.45) is 20.5. The zero-order chi connectivity index (χ0) is 55.9. The van der Waals surface area contributed by atoms with Crippen molar-refractivity contribution in [2.75, 3.05) is 19.6 Å². The first-order valence-electron chi connectivity index (χ1n) is 29.9. The van der Waals surface area contributed by atoms with E-state index in [4.69, 9.17) is 9.47 Å². The van der Waals surface area contributed by atoms with Crippen LogP contribution in [0.4, 0.5) is 4.79 Å². The molecule has 15 nitrogen and oxygen atoms in total. The van der Waals surface area contributed by atoms with Gasteiger partial charge in [0.25, 0.3) is 5.91 Å². The lowest BCUT2D eigenvalue weighted by atomic mass is 9.47. The van der Waals surface area contributed by atoms with E-state index in [9.17, 15) is 33.9 Å². The van der Waals surface area contributed by atoms with Crippen molar-refractivity contribution >= 4 is 35.7 Å². The quantitative estimate of drug-likeness (QED) is 0.0563. The maximum Gasteiger partial charge on any atom is 0.407 e. The molecule has 0 radical (unpaired) electrons. The number of allylic oxidation sites excluding steroid dienone is 1. The van der Waals surface area contributed by atoms with E-state index in [1.54, 1.807) is 61.0 Å². The van der Waals surface area contributed by atoms with E-state index in [1.807, 2.05) is 0 Å². The predicted octanol–water partition coefficient (Wildman–Crippen LogP) is 10.2. The third-order valence-corrected chi connectivity index (χ3v) is 19.3. The van der Waals surface area contributed by atoms with Crippen molar-refractivity contribution in [3.63, 3.8) is 0 Å². The molecule has 0 unspecified atom stereocenters. The number of carbonyl (C=O) groups excluding carboxylic acids is 6. The van der Waals surface area contributed by atoms with E-state index >= 15 is 0 Å². The zero-order valence-electron chi connectivity index (χ0n) is 48.2. The van der Waals surface area contributed by atoms with E-state index in [1.165, 1.54) is 68.8 Å². The number of pyridine rings is 1. The number of aromatic nitrogens is 1. The predicted molar refractivity (Wildman–Crippen MR) is 300 cm³/mol. The Labute approximate surface area is 464 Å². The fraction of sp³-hybridized carbons (Fsp3) is 0.698.